The monoisotopic (exact) mass is 292 g/mol. The van der Waals surface area contributed by atoms with E-state index in [4.69, 9.17) is 5.73 Å². The van der Waals surface area contributed by atoms with Crippen LogP contribution < -0.4 is 11.2 Å². The van der Waals surface area contributed by atoms with Crippen molar-refractivity contribution in [1.82, 2.24) is 4.57 Å². The van der Waals surface area contributed by atoms with Crippen molar-refractivity contribution in [2.75, 3.05) is 0 Å². The molecule has 0 fully saturated rings. The van der Waals surface area contributed by atoms with Gasteiger partial charge in [-0.25, -0.2) is 0 Å². The predicted octanol–water partition coefficient (Wildman–Crippen LogP) is 2.71. The van der Waals surface area contributed by atoms with E-state index >= 15 is 0 Å². The Labute approximate surface area is 127 Å². The second-order valence-corrected chi connectivity index (χ2v) is 5.35. The molecule has 0 radical (unpaired) electrons. The quantitative estimate of drug-likeness (QED) is 0.789. The summed E-state index contributed by atoms with van der Waals surface area (Å²) in [6.45, 7) is 3.66. The van der Waals surface area contributed by atoms with Crippen LogP contribution in [-0.2, 0) is 0 Å². The van der Waals surface area contributed by atoms with Crippen molar-refractivity contribution in [3.63, 3.8) is 0 Å². The molecule has 0 aliphatic rings. The third-order valence-electron chi connectivity index (χ3n) is 3.82. The van der Waals surface area contributed by atoms with Gasteiger partial charge in [-0.15, -0.1) is 0 Å². The summed E-state index contributed by atoms with van der Waals surface area (Å²) in [6, 6.07) is 15.3. The first-order valence-electron chi connectivity index (χ1n) is 7.02. The number of carbonyl (C=O) groups is 1. The van der Waals surface area contributed by atoms with Crippen molar-refractivity contribution < 1.29 is 4.79 Å². The number of aromatic nitrogens is 1. The zero-order valence-corrected chi connectivity index (χ0v) is 12.5. The van der Waals surface area contributed by atoms with E-state index in [-0.39, 0.29) is 11.0 Å². The highest BCUT2D eigenvalue weighted by Gasteiger charge is 2.18. The molecule has 22 heavy (non-hydrogen) atoms. The fraction of sp³-hybridized carbons (Fsp3) is 0.111. The number of nitrogens with two attached hydrogens (primary N) is 1. The van der Waals surface area contributed by atoms with Crippen LogP contribution in [-0.4, -0.2) is 10.5 Å². The molecule has 0 atom stereocenters. The van der Waals surface area contributed by atoms with Gasteiger partial charge in [-0.2, -0.15) is 0 Å². The van der Waals surface area contributed by atoms with Crippen LogP contribution in [0.15, 0.2) is 53.3 Å². The average Bonchev–Trinajstić information content (AvgIpc) is 2.49. The van der Waals surface area contributed by atoms with Crippen molar-refractivity contribution in [3.8, 4) is 5.69 Å². The van der Waals surface area contributed by atoms with Gasteiger partial charge >= 0.3 is 0 Å². The molecular formula is C18H16N2O2. The molecule has 0 spiro atoms. The Morgan fingerprint density at radius 3 is 2.36 bits per heavy atom. The largest absolute Gasteiger partial charge is 0.365 e. The minimum Gasteiger partial charge on any atom is -0.365 e. The second kappa shape index (κ2) is 5.15. The molecule has 0 unspecified atom stereocenters. The molecule has 2 N–H and O–H groups in total. The fourth-order valence-electron chi connectivity index (χ4n) is 2.82. The number of hydrogen-bond acceptors (Lipinski definition) is 2. The molecule has 3 aromatic rings. The number of nitrogens with zero attached hydrogens (tertiary/aromatic N) is 1. The maximum Gasteiger partial charge on any atom is 0.254 e. The van der Waals surface area contributed by atoms with Crippen LogP contribution in [0.1, 0.15) is 21.6 Å². The number of fused-ring (bicyclic) bond motifs is 1. The van der Waals surface area contributed by atoms with E-state index in [1.165, 1.54) is 0 Å². The van der Waals surface area contributed by atoms with Gasteiger partial charge in [-0.3, -0.25) is 9.59 Å². The minimum atomic E-state index is -0.699. The lowest BCUT2D eigenvalue weighted by molar-refractivity contribution is 0.0998. The lowest BCUT2D eigenvalue weighted by atomic mass is 10.0. The number of para-hydroxylation sites is 1. The van der Waals surface area contributed by atoms with Crippen LogP contribution in [0.3, 0.4) is 0 Å². The van der Waals surface area contributed by atoms with E-state index in [9.17, 15) is 9.59 Å². The van der Waals surface area contributed by atoms with Gasteiger partial charge in [-0.05, 0) is 38.1 Å². The number of amides is 1. The maximum atomic E-state index is 12.6. The highest BCUT2D eigenvalue weighted by atomic mass is 16.2. The molecule has 1 aromatic heterocycles. The van der Waals surface area contributed by atoms with Gasteiger partial charge in [0.25, 0.3) is 5.91 Å². The Kier molecular flexibility index (Phi) is 3.29. The topological polar surface area (TPSA) is 65.1 Å². The number of aryl methyl sites for hydroxylation is 1. The summed E-state index contributed by atoms with van der Waals surface area (Å²) in [5, 5.41) is 0.503. The maximum absolute atomic E-state index is 12.6. The summed E-state index contributed by atoms with van der Waals surface area (Å²) >= 11 is 0. The molecule has 0 aliphatic carbocycles. The molecule has 4 heteroatoms. The van der Waals surface area contributed by atoms with E-state index in [0.29, 0.717) is 11.1 Å². The zero-order valence-electron chi connectivity index (χ0n) is 12.5. The molecule has 110 valence electrons. The molecule has 4 nitrogen and oxygen atoms in total. The number of benzene rings is 2. The number of rotatable bonds is 2. The summed E-state index contributed by atoms with van der Waals surface area (Å²) in [6.07, 6.45) is 0. The van der Waals surface area contributed by atoms with Crippen molar-refractivity contribution in [2.45, 2.75) is 13.8 Å². The normalized spacial score (nSPS) is 10.8. The summed E-state index contributed by atoms with van der Waals surface area (Å²) in [7, 11) is 0. The number of carbonyl (C=O) groups excluding carboxylic acids is 1. The number of primary amides is 1. The lowest BCUT2D eigenvalue weighted by Gasteiger charge is -2.17. The molecule has 0 saturated carbocycles. The van der Waals surface area contributed by atoms with Gasteiger partial charge in [0.15, 0.2) is 0 Å². The molecule has 3 rings (SSSR count). The first kappa shape index (κ1) is 14.1. The molecular weight excluding hydrogens is 276 g/mol. The van der Waals surface area contributed by atoms with Crippen LogP contribution >= 0.6 is 0 Å². The number of pyridine rings is 1. The number of hydrogen-bond donors (Lipinski definition) is 1. The molecule has 0 bridgehead atoms. The predicted molar refractivity (Wildman–Crippen MR) is 87.5 cm³/mol. The summed E-state index contributed by atoms with van der Waals surface area (Å²) in [4.78, 5) is 24.4. The highest BCUT2D eigenvalue weighted by molar-refractivity contribution is 5.98. The summed E-state index contributed by atoms with van der Waals surface area (Å²) in [5.74, 6) is -0.699. The fourth-order valence-corrected chi connectivity index (χ4v) is 2.82. The van der Waals surface area contributed by atoms with Crippen LogP contribution in [0, 0.1) is 13.8 Å². The van der Waals surface area contributed by atoms with E-state index in [1.807, 2.05) is 54.0 Å². The minimum absolute atomic E-state index is 0.0435. The van der Waals surface area contributed by atoms with Gasteiger partial charge in [-0.1, -0.05) is 29.8 Å². The van der Waals surface area contributed by atoms with Crippen molar-refractivity contribution >= 4 is 16.8 Å². The van der Waals surface area contributed by atoms with Crippen molar-refractivity contribution in [3.05, 3.63) is 75.6 Å². The van der Waals surface area contributed by atoms with Crippen LogP contribution in [0.4, 0.5) is 0 Å². The Morgan fingerprint density at radius 2 is 1.73 bits per heavy atom. The first-order valence-corrected chi connectivity index (χ1v) is 7.02. The molecule has 2 aromatic carbocycles. The second-order valence-electron chi connectivity index (χ2n) is 5.35. The van der Waals surface area contributed by atoms with E-state index < -0.39 is 5.91 Å². The molecule has 0 saturated heterocycles. The first-order chi connectivity index (χ1) is 10.5. The van der Waals surface area contributed by atoms with Gasteiger partial charge < -0.3 is 10.3 Å². The third kappa shape index (κ3) is 2.09. The standard InChI is InChI=1S/C18H16N2O2/c1-11-8-9-15-14(10-11)17(21)16(18(19)22)12(2)20(15)13-6-4-3-5-7-13/h3-10H,1-2H3,(H2,19,22). The smallest absolute Gasteiger partial charge is 0.254 e. The van der Waals surface area contributed by atoms with Gasteiger partial charge in [0.1, 0.15) is 5.56 Å². The Balaban J connectivity index is 2.55. The van der Waals surface area contributed by atoms with E-state index in [2.05, 4.69) is 0 Å². The Morgan fingerprint density at radius 1 is 1.05 bits per heavy atom. The van der Waals surface area contributed by atoms with Crippen LogP contribution in [0.2, 0.25) is 0 Å². The highest BCUT2D eigenvalue weighted by Crippen LogP contribution is 2.22. The van der Waals surface area contributed by atoms with Crippen molar-refractivity contribution in [2.24, 2.45) is 5.73 Å². The Bertz CT molecular complexity index is 941. The average molecular weight is 292 g/mol. The Hall–Kier alpha value is -2.88. The summed E-state index contributed by atoms with van der Waals surface area (Å²) < 4.78 is 1.90. The van der Waals surface area contributed by atoms with Gasteiger partial charge in [0.05, 0.1) is 5.52 Å². The van der Waals surface area contributed by atoms with Gasteiger partial charge in [0, 0.05) is 16.8 Å². The summed E-state index contributed by atoms with van der Waals surface area (Å²) in [5.41, 5.74) is 8.34. The van der Waals surface area contributed by atoms with E-state index in [1.54, 1.807) is 13.0 Å². The molecule has 0 aliphatic heterocycles. The molecule has 1 amide bonds. The SMILES string of the molecule is Cc1ccc2c(c1)c(=O)c(C(N)=O)c(C)n2-c1ccccc1. The van der Waals surface area contributed by atoms with Crippen LogP contribution in [0.25, 0.3) is 16.6 Å². The third-order valence-corrected chi connectivity index (χ3v) is 3.82. The van der Waals surface area contributed by atoms with Crippen LogP contribution in [0.5, 0.6) is 0 Å². The zero-order chi connectivity index (χ0) is 15.9. The van der Waals surface area contributed by atoms with Gasteiger partial charge in [0.2, 0.25) is 5.43 Å². The lowest BCUT2D eigenvalue weighted by Crippen LogP contribution is -2.26. The van der Waals surface area contributed by atoms with Crippen molar-refractivity contribution in [1.29, 1.82) is 0 Å². The van der Waals surface area contributed by atoms with E-state index in [0.717, 1.165) is 16.8 Å². The molecule has 1 heterocycles.